The Hall–Kier alpha value is -3.17. The number of phenols is 1. The largest absolute Gasteiger partial charge is 0.507 e. The lowest BCUT2D eigenvalue weighted by molar-refractivity contribution is -0.139. The molecule has 4 rings (SSSR count). The maximum absolute atomic E-state index is 13.6. The maximum atomic E-state index is 13.6. The Balaban J connectivity index is 1.89. The summed E-state index contributed by atoms with van der Waals surface area (Å²) in [5.41, 5.74) is 2.07. The highest BCUT2D eigenvalue weighted by molar-refractivity contribution is 9.10. The molecule has 2 heterocycles. The first kappa shape index (κ1) is 24.9. The summed E-state index contributed by atoms with van der Waals surface area (Å²) in [7, 11) is 0. The van der Waals surface area contributed by atoms with Gasteiger partial charge in [-0.1, -0.05) is 29.5 Å². The van der Waals surface area contributed by atoms with Gasteiger partial charge in [0, 0.05) is 0 Å². The zero-order valence-corrected chi connectivity index (χ0v) is 22.1. The van der Waals surface area contributed by atoms with Crippen LogP contribution in [0, 0.1) is 0 Å². The Labute approximate surface area is 214 Å². The number of phenolic OH excluding ortho intramolecular Hbond substituents is 1. The third-order valence-corrected chi connectivity index (χ3v) is 6.97. The lowest BCUT2D eigenvalue weighted by Crippen LogP contribution is -2.39. The molecule has 1 aromatic heterocycles. The van der Waals surface area contributed by atoms with Crippen LogP contribution in [0.15, 0.2) is 68.0 Å². The predicted octanol–water partition coefficient (Wildman–Crippen LogP) is 4.05. The van der Waals surface area contributed by atoms with E-state index in [0.717, 1.165) is 11.1 Å². The monoisotopic (exact) mass is 556 g/mol. The molecule has 0 spiro atoms. The fraction of sp³-hybridized carbons (Fsp3) is 0.269. The highest BCUT2D eigenvalue weighted by atomic mass is 79.9. The average molecular weight is 557 g/mol. The number of ether oxygens (including phenoxy) is 2. The van der Waals surface area contributed by atoms with E-state index in [-0.39, 0.29) is 24.0 Å². The van der Waals surface area contributed by atoms with Crippen molar-refractivity contribution < 1.29 is 19.4 Å². The second kappa shape index (κ2) is 10.2. The number of nitrogens with zero attached hydrogens (tertiary/aromatic N) is 2. The molecule has 2 aromatic carbocycles. The summed E-state index contributed by atoms with van der Waals surface area (Å²) in [6, 6.07) is 11.7. The van der Waals surface area contributed by atoms with Gasteiger partial charge in [-0.3, -0.25) is 9.36 Å². The number of aromatic nitrogens is 1. The highest BCUT2D eigenvalue weighted by Crippen LogP contribution is 2.32. The van der Waals surface area contributed by atoms with Gasteiger partial charge in [-0.2, -0.15) is 0 Å². The number of thiazole rings is 1. The fourth-order valence-electron chi connectivity index (χ4n) is 3.87. The van der Waals surface area contributed by atoms with Crippen LogP contribution in [-0.4, -0.2) is 28.4 Å². The van der Waals surface area contributed by atoms with Crippen molar-refractivity contribution in [2.45, 2.75) is 39.8 Å². The van der Waals surface area contributed by atoms with Crippen LogP contribution in [0.5, 0.6) is 11.5 Å². The Bertz CT molecular complexity index is 1490. The minimum atomic E-state index is -0.688. The van der Waals surface area contributed by atoms with Crippen molar-refractivity contribution in [3.8, 4) is 11.5 Å². The van der Waals surface area contributed by atoms with Crippen molar-refractivity contribution >= 4 is 39.3 Å². The molecule has 9 heteroatoms. The number of allylic oxidation sites excluding steroid dienone is 1. The number of carbonyl (C=O) groups is 1. The molecule has 0 fully saturated rings. The van der Waals surface area contributed by atoms with Crippen LogP contribution in [0.25, 0.3) is 6.08 Å². The molecule has 0 bridgehead atoms. The summed E-state index contributed by atoms with van der Waals surface area (Å²) in [5.74, 6) is 0.314. The normalized spacial score (nSPS) is 15.7. The second-order valence-corrected chi connectivity index (χ2v) is 10.1. The molecule has 1 aliphatic heterocycles. The van der Waals surface area contributed by atoms with Crippen LogP contribution < -0.4 is 19.6 Å². The molecule has 0 saturated carbocycles. The van der Waals surface area contributed by atoms with Crippen LogP contribution in [0.2, 0.25) is 0 Å². The minimum Gasteiger partial charge on any atom is -0.507 e. The molecule has 7 nitrogen and oxygen atoms in total. The lowest BCUT2D eigenvalue weighted by atomic mass is 9.96. The first-order valence-corrected chi connectivity index (χ1v) is 12.7. The number of aromatic hydroxyl groups is 1. The van der Waals surface area contributed by atoms with Crippen LogP contribution in [-0.2, 0) is 9.53 Å². The van der Waals surface area contributed by atoms with E-state index >= 15 is 0 Å². The Morgan fingerprint density at radius 2 is 1.97 bits per heavy atom. The molecule has 0 radical (unpaired) electrons. The SMILES string of the molecule is CCOC(=O)C1=C(C)N=c2s/c(=C\c3ccc(O)c(Br)c3)c(=O)n2[C@@H]1c1ccc(OC(C)C)cc1. The summed E-state index contributed by atoms with van der Waals surface area (Å²) in [6.45, 7) is 7.60. The lowest BCUT2D eigenvalue weighted by Gasteiger charge is -2.25. The van der Waals surface area contributed by atoms with E-state index in [2.05, 4.69) is 20.9 Å². The topological polar surface area (TPSA) is 90.1 Å². The summed E-state index contributed by atoms with van der Waals surface area (Å²) in [6.07, 6.45) is 1.77. The first-order valence-electron chi connectivity index (χ1n) is 11.1. The number of rotatable bonds is 6. The third-order valence-electron chi connectivity index (χ3n) is 5.35. The van der Waals surface area contributed by atoms with E-state index < -0.39 is 12.0 Å². The third kappa shape index (κ3) is 5.11. The van der Waals surface area contributed by atoms with Crippen molar-refractivity contribution in [3.63, 3.8) is 0 Å². The summed E-state index contributed by atoms with van der Waals surface area (Å²) in [4.78, 5) is 31.7. The molecule has 0 unspecified atom stereocenters. The van der Waals surface area contributed by atoms with Crippen molar-refractivity contribution in [1.29, 1.82) is 0 Å². The molecular formula is C26H25BrN2O5S. The number of carbonyl (C=O) groups excluding carboxylic acids is 1. The van der Waals surface area contributed by atoms with Crippen LogP contribution in [0.4, 0.5) is 0 Å². The predicted molar refractivity (Wildman–Crippen MR) is 138 cm³/mol. The van der Waals surface area contributed by atoms with E-state index in [1.165, 1.54) is 11.3 Å². The van der Waals surface area contributed by atoms with Crippen LogP contribution >= 0.6 is 27.3 Å². The van der Waals surface area contributed by atoms with E-state index in [1.54, 1.807) is 42.7 Å². The van der Waals surface area contributed by atoms with Crippen molar-refractivity contribution in [2.75, 3.05) is 6.61 Å². The summed E-state index contributed by atoms with van der Waals surface area (Å²) in [5, 5.41) is 9.78. The number of hydrogen-bond donors (Lipinski definition) is 1. The van der Waals surface area contributed by atoms with Crippen LogP contribution in [0.3, 0.4) is 0 Å². The molecule has 3 aromatic rings. The highest BCUT2D eigenvalue weighted by Gasteiger charge is 2.33. The molecule has 182 valence electrons. The van der Waals surface area contributed by atoms with Gasteiger partial charge in [0.25, 0.3) is 5.56 Å². The molecule has 0 aliphatic carbocycles. The number of fused-ring (bicyclic) bond motifs is 1. The van der Waals surface area contributed by atoms with Gasteiger partial charge < -0.3 is 14.6 Å². The average Bonchev–Trinajstić information content (AvgIpc) is 3.10. The Morgan fingerprint density at radius 1 is 1.26 bits per heavy atom. The molecular weight excluding hydrogens is 532 g/mol. The van der Waals surface area contributed by atoms with E-state index in [4.69, 9.17) is 9.47 Å². The molecule has 35 heavy (non-hydrogen) atoms. The number of esters is 1. The molecule has 1 N–H and O–H groups in total. The molecule has 1 aliphatic rings. The maximum Gasteiger partial charge on any atom is 0.338 e. The Kier molecular flexibility index (Phi) is 7.28. The number of benzene rings is 2. The van der Waals surface area contributed by atoms with Crippen LogP contribution in [0.1, 0.15) is 44.9 Å². The fourth-order valence-corrected chi connectivity index (χ4v) is 5.32. The van der Waals surface area contributed by atoms with E-state index in [1.807, 2.05) is 38.1 Å². The summed E-state index contributed by atoms with van der Waals surface area (Å²) >= 11 is 4.55. The van der Waals surface area contributed by atoms with Gasteiger partial charge in [0.05, 0.1) is 39.0 Å². The summed E-state index contributed by atoms with van der Waals surface area (Å²) < 4.78 is 13.6. The van der Waals surface area contributed by atoms with Gasteiger partial charge in [-0.05, 0) is 85.1 Å². The minimum absolute atomic E-state index is 0.0238. The number of halogens is 1. The van der Waals surface area contributed by atoms with Gasteiger partial charge in [-0.25, -0.2) is 9.79 Å². The standard InChI is InChI=1S/C26H25BrN2O5S/c1-5-33-25(32)22-15(4)28-26-29(23(22)17-7-9-18(10-8-17)34-14(2)3)24(31)21(35-26)13-16-6-11-20(30)19(27)12-16/h6-14,23,30H,5H2,1-4H3/b21-13-/t23-/m1/s1. The smallest absolute Gasteiger partial charge is 0.338 e. The zero-order chi connectivity index (χ0) is 25.3. The molecule has 0 saturated heterocycles. The van der Waals surface area contributed by atoms with E-state index in [0.29, 0.717) is 30.8 Å². The Morgan fingerprint density at radius 3 is 2.60 bits per heavy atom. The number of hydrogen-bond acceptors (Lipinski definition) is 7. The zero-order valence-electron chi connectivity index (χ0n) is 19.7. The van der Waals surface area contributed by atoms with Crippen molar-refractivity contribution in [2.24, 2.45) is 4.99 Å². The first-order chi connectivity index (χ1) is 16.7. The van der Waals surface area contributed by atoms with Gasteiger partial charge in [0.1, 0.15) is 11.5 Å². The second-order valence-electron chi connectivity index (χ2n) is 8.25. The van der Waals surface area contributed by atoms with Gasteiger partial charge >= 0.3 is 5.97 Å². The van der Waals surface area contributed by atoms with Crippen molar-refractivity contribution in [3.05, 3.63) is 89.0 Å². The van der Waals surface area contributed by atoms with Crippen molar-refractivity contribution in [1.82, 2.24) is 4.57 Å². The van der Waals surface area contributed by atoms with Gasteiger partial charge in [0.2, 0.25) is 0 Å². The molecule has 1 atom stereocenters. The van der Waals surface area contributed by atoms with E-state index in [9.17, 15) is 14.7 Å². The van der Waals surface area contributed by atoms with Gasteiger partial charge in [-0.15, -0.1) is 0 Å². The van der Waals surface area contributed by atoms with Gasteiger partial charge in [0.15, 0.2) is 4.80 Å². The quantitative estimate of drug-likeness (QED) is 0.462. The molecule has 0 amide bonds.